The van der Waals surface area contributed by atoms with Crippen LogP contribution in [0.1, 0.15) is 34.4 Å². The number of carbonyl (C=O) groups is 2. The van der Waals surface area contributed by atoms with Crippen molar-refractivity contribution in [3.63, 3.8) is 0 Å². The minimum atomic E-state index is -4.55. The normalized spacial score (nSPS) is 11.5. The molecule has 1 aromatic carbocycles. The number of halogens is 4. The van der Waals surface area contributed by atoms with Gasteiger partial charge in [-0.3, -0.25) is 14.9 Å². The quantitative estimate of drug-likeness (QED) is 0.588. The van der Waals surface area contributed by atoms with E-state index in [2.05, 4.69) is 14.7 Å². The van der Waals surface area contributed by atoms with Crippen LogP contribution in [0.5, 0.6) is 0 Å². The Morgan fingerprint density at radius 2 is 2.00 bits per heavy atom. The Labute approximate surface area is 171 Å². The summed E-state index contributed by atoms with van der Waals surface area (Å²) in [5.41, 5.74) is -0.760. The highest BCUT2D eigenvalue weighted by Gasteiger charge is 2.31. The largest absolute Gasteiger partial charge is 0.460 e. The highest BCUT2D eigenvalue weighted by Crippen LogP contribution is 2.37. The molecule has 0 spiro atoms. The molecule has 0 radical (unpaired) electrons. The fraction of sp³-hybridized carbons (Fsp3) is 0.222. The number of ketones is 1. The predicted octanol–water partition coefficient (Wildman–Crippen LogP) is 5.16. The number of carbonyl (C=O) groups excluding carboxylic acids is 2. The molecule has 0 saturated heterocycles. The number of alkyl halides is 3. The molecular formula is C18H13ClF3N3O3S. The van der Waals surface area contributed by atoms with Crippen molar-refractivity contribution >= 4 is 40.0 Å². The molecule has 0 aliphatic rings. The van der Waals surface area contributed by atoms with Gasteiger partial charge in [0, 0.05) is 17.1 Å². The van der Waals surface area contributed by atoms with Crippen molar-refractivity contribution in [2.75, 3.05) is 5.32 Å². The van der Waals surface area contributed by atoms with Gasteiger partial charge in [-0.2, -0.15) is 17.5 Å². The number of benzene rings is 1. The van der Waals surface area contributed by atoms with Gasteiger partial charge in [-0.25, -0.2) is 4.98 Å². The summed E-state index contributed by atoms with van der Waals surface area (Å²) >= 11 is 6.93. The number of Topliss-reactive ketones (excluding diaryl/α,β-unsaturated/α-hetero) is 1. The van der Waals surface area contributed by atoms with Gasteiger partial charge in [0.15, 0.2) is 5.82 Å². The maximum absolute atomic E-state index is 13.0. The Bertz CT molecular complexity index is 1090. The van der Waals surface area contributed by atoms with Crippen LogP contribution in [0.4, 0.5) is 18.3 Å². The molecular weight excluding hydrogens is 431 g/mol. The molecule has 152 valence electrons. The first-order chi connectivity index (χ1) is 13.5. The molecule has 2 aromatic heterocycles. The van der Waals surface area contributed by atoms with E-state index in [1.54, 1.807) is 0 Å². The molecule has 1 amide bonds. The number of nitrogens with zero attached hydrogens (tertiary/aromatic N) is 2. The molecule has 29 heavy (non-hydrogen) atoms. The maximum Gasteiger partial charge on any atom is 0.416 e. The molecule has 0 fully saturated rings. The van der Waals surface area contributed by atoms with Gasteiger partial charge >= 0.3 is 6.18 Å². The average Bonchev–Trinajstić information content (AvgIpc) is 3.20. The van der Waals surface area contributed by atoms with Gasteiger partial charge in [-0.15, -0.1) is 0 Å². The van der Waals surface area contributed by atoms with E-state index < -0.39 is 17.6 Å². The lowest BCUT2D eigenvalue weighted by molar-refractivity contribution is -0.137. The molecule has 6 nitrogen and oxygen atoms in total. The van der Waals surface area contributed by atoms with E-state index in [1.807, 2.05) is 0 Å². The molecule has 0 aliphatic carbocycles. The standard InChI is InChI=1S/C18H13ClF3N3O3S/c1-8(26)5-15-23-17(29-25-15)24-16(27)11-7-14(28-9(11)2)12-6-10(18(20,21)22)3-4-13(12)19/h3-4,6-7H,5H2,1-2H3,(H,23,24,25,27). The summed E-state index contributed by atoms with van der Waals surface area (Å²) in [7, 11) is 0. The van der Waals surface area contributed by atoms with Crippen LogP contribution in [-0.4, -0.2) is 21.0 Å². The van der Waals surface area contributed by atoms with Crippen LogP contribution in [0, 0.1) is 6.92 Å². The highest BCUT2D eigenvalue weighted by molar-refractivity contribution is 7.09. The first-order valence-corrected chi connectivity index (χ1v) is 9.30. The third-order valence-corrected chi connectivity index (χ3v) is 4.82. The molecule has 0 saturated carbocycles. The first-order valence-electron chi connectivity index (χ1n) is 8.15. The Balaban J connectivity index is 1.86. The van der Waals surface area contributed by atoms with Gasteiger partial charge in [0.2, 0.25) is 5.13 Å². The first kappa shape index (κ1) is 21.0. The molecule has 11 heteroatoms. The number of hydrogen-bond acceptors (Lipinski definition) is 6. The predicted molar refractivity (Wildman–Crippen MR) is 101 cm³/mol. The molecule has 2 heterocycles. The number of nitrogens with one attached hydrogen (secondary N) is 1. The molecule has 3 aromatic rings. The van der Waals surface area contributed by atoms with Crippen molar-refractivity contribution in [2.24, 2.45) is 0 Å². The van der Waals surface area contributed by atoms with E-state index in [4.69, 9.17) is 16.0 Å². The summed E-state index contributed by atoms with van der Waals surface area (Å²) in [6, 6.07) is 4.16. The van der Waals surface area contributed by atoms with Crippen molar-refractivity contribution in [1.82, 2.24) is 9.36 Å². The zero-order chi connectivity index (χ0) is 21.3. The number of aryl methyl sites for hydroxylation is 1. The van der Waals surface area contributed by atoms with Gasteiger partial charge in [0.05, 0.1) is 22.6 Å². The number of amides is 1. The minimum Gasteiger partial charge on any atom is -0.460 e. The Hall–Kier alpha value is -2.72. The van der Waals surface area contributed by atoms with Crippen molar-refractivity contribution in [3.8, 4) is 11.3 Å². The number of anilines is 1. The topological polar surface area (TPSA) is 85.1 Å². The van der Waals surface area contributed by atoms with Gasteiger partial charge in [-0.05, 0) is 38.1 Å². The summed E-state index contributed by atoms with van der Waals surface area (Å²) < 4.78 is 48.4. The molecule has 0 unspecified atom stereocenters. The van der Waals surface area contributed by atoms with E-state index in [0.29, 0.717) is 0 Å². The fourth-order valence-corrected chi connectivity index (χ4v) is 3.29. The monoisotopic (exact) mass is 443 g/mol. The van der Waals surface area contributed by atoms with Crippen molar-refractivity contribution < 1.29 is 27.2 Å². The van der Waals surface area contributed by atoms with Gasteiger partial charge in [0.1, 0.15) is 17.3 Å². The molecule has 0 atom stereocenters. The minimum absolute atomic E-state index is 0.0169. The second-order valence-corrected chi connectivity index (χ2v) is 7.28. The summed E-state index contributed by atoms with van der Waals surface area (Å²) in [5.74, 6) is -0.184. The summed E-state index contributed by atoms with van der Waals surface area (Å²) in [6.07, 6.45) is -4.49. The Morgan fingerprint density at radius 1 is 1.28 bits per heavy atom. The second kappa shape index (κ2) is 7.96. The van der Waals surface area contributed by atoms with E-state index >= 15 is 0 Å². The molecule has 0 bridgehead atoms. The maximum atomic E-state index is 13.0. The van der Waals surface area contributed by atoms with Gasteiger partial charge in [-0.1, -0.05) is 11.6 Å². The summed E-state index contributed by atoms with van der Waals surface area (Å²) in [6.45, 7) is 2.90. The van der Waals surface area contributed by atoms with Crippen LogP contribution >= 0.6 is 23.1 Å². The fourth-order valence-electron chi connectivity index (χ4n) is 2.49. The van der Waals surface area contributed by atoms with E-state index in [0.717, 1.165) is 29.7 Å². The number of hydrogen-bond donors (Lipinski definition) is 1. The third-order valence-electron chi connectivity index (χ3n) is 3.82. The van der Waals surface area contributed by atoms with Crippen molar-refractivity contribution in [1.29, 1.82) is 0 Å². The van der Waals surface area contributed by atoms with Crippen LogP contribution in [0.3, 0.4) is 0 Å². The van der Waals surface area contributed by atoms with Crippen LogP contribution in [0.25, 0.3) is 11.3 Å². The lowest BCUT2D eigenvalue weighted by Crippen LogP contribution is -2.12. The number of furan rings is 1. The third kappa shape index (κ3) is 4.83. The molecule has 0 aliphatic heterocycles. The van der Waals surface area contributed by atoms with E-state index in [9.17, 15) is 22.8 Å². The van der Waals surface area contributed by atoms with Crippen molar-refractivity contribution in [3.05, 3.63) is 52.0 Å². The Kier molecular flexibility index (Phi) is 5.76. The lowest BCUT2D eigenvalue weighted by Gasteiger charge is -2.09. The SMILES string of the molecule is CC(=O)Cc1nsc(NC(=O)c2cc(-c3cc(C(F)(F)F)ccc3Cl)oc2C)n1. The zero-order valence-corrected chi connectivity index (χ0v) is 16.6. The molecule has 3 rings (SSSR count). The van der Waals surface area contributed by atoms with Gasteiger partial charge in [0.25, 0.3) is 5.91 Å². The summed E-state index contributed by atoms with van der Waals surface area (Å²) in [4.78, 5) is 27.7. The van der Waals surface area contributed by atoms with E-state index in [-0.39, 0.29) is 50.8 Å². The number of aromatic nitrogens is 2. The second-order valence-electron chi connectivity index (χ2n) is 6.12. The van der Waals surface area contributed by atoms with Crippen LogP contribution in [-0.2, 0) is 17.4 Å². The van der Waals surface area contributed by atoms with Crippen LogP contribution in [0.2, 0.25) is 5.02 Å². The van der Waals surface area contributed by atoms with E-state index in [1.165, 1.54) is 19.9 Å². The summed E-state index contributed by atoms with van der Waals surface area (Å²) in [5, 5.41) is 2.77. The van der Waals surface area contributed by atoms with Gasteiger partial charge < -0.3 is 4.42 Å². The smallest absolute Gasteiger partial charge is 0.416 e. The number of rotatable bonds is 5. The molecule has 1 N–H and O–H groups in total. The van der Waals surface area contributed by atoms with Crippen LogP contribution in [0.15, 0.2) is 28.7 Å². The highest BCUT2D eigenvalue weighted by atomic mass is 35.5. The van der Waals surface area contributed by atoms with Crippen molar-refractivity contribution in [2.45, 2.75) is 26.4 Å². The van der Waals surface area contributed by atoms with Crippen LogP contribution < -0.4 is 5.32 Å². The lowest BCUT2D eigenvalue weighted by atomic mass is 10.1. The average molecular weight is 444 g/mol. The zero-order valence-electron chi connectivity index (χ0n) is 15.1. The Morgan fingerprint density at radius 3 is 2.66 bits per heavy atom.